The SMILES string of the molecule is COC(=O)C(c1nc2ccccc2[nH]c1=O)C1CC(=O)N(c2ccc(C)cc2C)C1=O. The number of ether oxygens (including phenoxy) is 1. The number of aromatic amines is 1. The van der Waals surface area contributed by atoms with Gasteiger partial charge in [0.05, 0.1) is 29.7 Å². The van der Waals surface area contributed by atoms with Crippen molar-refractivity contribution in [1.29, 1.82) is 0 Å². The van der Waals surface area contributed by atoms with Crippen LogP contribution < -0.4 is 10.5 Å². The van der Waals surface area contributed by atoms with Gasteiger partial charge < -0.3 is 9.72 Å². The van der Waals surface area contributed by atoms with Gasteiger partial charge in [-0.25, -0.2) is 4.98 Å². The second-order valence-corrected chi connectivity index (χ2v) is 7.64. The summed E-state index contributed by atoms with van der Waals surface area (Å²) in [7, 11) is 1.17. The maximum atomic E-state index is 13.3. The second kappa shape index (κ2) is 7.79. The number of para-hydroxylation sites is 2. The van der Waals surface area contributed by atoms with Crippen molar-refractivity contribution in [3.63, 3.8) is 0 Å². The highest BCUT2D eigenvalue weighted by molar-refractivity contribution is 6.22. The zero-order valence-electron chi connectivity index (χ0n) is 17.3. The summed E-state index contributed by atoms with van der Waals surface area (Å²) in [6, 6.07) is 12.3. The van der Waals surface area contributed by atoms with Crippen LogP contribution in [0.1, 0.15) is 29.2 Å². The number of imide groups is 1. The highest BCUT2D eigenvalue weighted by atomic mass is 16.5. The third-order valence-corrected chi connectivity index (χ3v) is 5.55. The molecule has 3 aromatic rings. The molecule has 31 heavy (non-hydrogen) atoms. The minimum absolute atomic E-state index is 0.140. The summed E-state index contributed by atoms with van der Waals surface area (Å²) in [6.07, 6.45) is -0.222. The van der Waals surface area contributed by atoms with Gasteiger partial charge in [-0.2, -0.15) is 0 Å². The van der Waals surface area contributed by atoms with Crippen molar-refractivity contribution in [2.75, 3.05) is 12.0 Å². The maximum Gasteiger partial charge on any atom is 0.315 e. The number of amides is 2. The molecule has 1 saturated heterocycles. The normalized spacial score (nSPS) is 17.3. The lowest BCUT2D eigenvalue weighted by Crippen LogP contribution is -2.36. The molecule has 0 radical (unpaired) electrons. The summed E-state index contributed by atoms with van der Waals surface area (Å²) < 4.78 is 4.90. The van der Waals surface area contributed by atoms with E-state index in [1.807, 2.05) is 26.0 Å². The molecule has 1 aliphatic heterocycles. The van der Waals surface area contributed by atoms with E-state index in [0.29, 0.717) is 16.7 Å². The molecule has 1 fully saturated rings. The van der Waals surface area contributed by atoms with Gasteiger partial charge in [0.15, 0.2) is 0 Å². The lowest BCUT2D eigenvalue weighted by Gasteiger charge is -2.21. The van der Waals surface area contributed by atoms with Crippen LogP contribution >= 0.6 is 0 Å². The van der Waals surface area contributed by atoms with Crippen LogP contribution in [0.25, 0.3) is 11.0 Å². The number of anilines is 1. The Balaban J connectivity index is 1.80. The average molecular weight is 419 g/mol. The number of fused-ring (bicyclic) bond motifs is 1. The van der Waals surface area contributed by atoms with Gasteiger partial charge >= 0.3 is 5.97 Å². The first kappa shape index (κ1) is 20.5. The van der Waals surface area contributed by atoms with Crippen molar-refractivity contribution < 1.29 is 19.1 Å². The van der Waals surface area contributed by atoms with Crippen LogP contribution in [0.5, 0.6) is 0 Å². The lowest BCUT2D eigenvalue weighted by atomic mass is 9.88. The largest absolute Gasteiger partial charge is 0.468 e. The first-order valence-corrected chi connectivity index (χ1v) is 9.82. The lowest BCUT2D eigenvalue weighted by molar-refractivity contribution is -0.145. The summed E-state index contributed by atoms with van der Waals surface area (Å²) >= 11 is 0. The van der Waals surface area contributed by atoms with Gasteiger partial charge in [0.25, 0.3) is 5.56 Å². The fourth-order valence-electron chi connectivity index (χ4n) is 4.07. The smallest absolute Gasteiger partial charge is 0.315 e. The fraction of sp³-hybridized carbons (Fsp3) is 0.261. The zero-order chi connectivity index (χ0) is 22.3. The Kier molecular flexibility index (Phi) is 5.14. The Labute approximate surface area is 177 Å². The molecule has 8 nitrogen and oxygen atoms in total. The van der Waals surface area contributed by atoms with E-state index in [0.717, 1.165) is 16.0 Å². The summed E-state index contributed by atoms with van der Waals surface area (Å²) in [4.78, 5) is 59.7. The molecular weight excluding hydrogens is 398 g/mol. The van der Waals surface area contributed by atoms with Gasteiger partial charge in [0.2, 0.25) is 11.8 Å². The van der Waals surface area contributed by atoms with Crippen molar-refractivity contribution in [3.8, 4) is 0 Å². The molecule has 0 spiro atoms. The van der Waals surface area contributed by atoms with E-state index in [9.17, 15) is 19.2 Å². The van der Waals surface area contributed by atoms with Crippen LogP contribution in [-0.2, 0) is 19.1 Å². The molecular formula is C23H21N3O5. The molecule has 1 aromatic heterocycles. The molecule has 8 heteroatoms. The second-order valence-electron chi connectivity index (χ2n) is 7.64. The summed E-state index contributed by atoms with van der Waals surface area (Å²) in [5.74, 6) is -4.17. The van der Waals surface area contributed by atoms with E-state index in [4.69, 9.17) is 4.74 Å². The fourth-order valence-corrected chi connectivity index (χ4v) is 4.07. The third-order valence-electron chi connectivity index (χ3n) is 5.55. The number of aromatic nitrogens is 2. The molecule has 0 bridgehead atoms. The third kappa shape index (κ3) is 3.50. The summed E-state index contributed by atoms with van der Waals surface area (Å²) in [5.41, 5.74) is 2.46. The topological polar surface area (TPSA) is 109 Å². The van der Waals surface area contributed by atoms with Gasteiger partial charge in [-0.15, -0.1) is 0 Å². The predicted molar refractivity (Wildman–Crippen MR) is 114 cm³/mol. The first-order chi connectivity index (χ1) is 14.8. The molecule has 0 saturated carbocycles. The molecule has 2 atom stereocenters. The van der Waals surface area contributed by atoms with Crippen molar-refractivity contribution in [2.24, 2.45) is 5.92 Å². The van der Waals surface area contributed by atoms with Crippen LogP contribution in [0.2, 0.25) is 0 Å². The monoisotopic (exact) mass is 419 g/mol. The number of hydrogen-bond donors (Lipinski definition) is 1. The highest BCUT2D eigenvalue weighted by Gasteiger charge is 2.49. The molecule has 4 rings (SSSR count). The molecule has 0 aliphatic carbocycles. The molecule has 1 aliphatic rings. The minimum atomic E-state index is -1.30. The van der Waals surface area contributed by atoms with E-state index < -0.39 is 35.2 Å². The van der Waals surface area contributed by atoms with E-state index in [1.54, 1.807) is 30.3 Å². The number of esters is 1. The molecule has 158 valence electrons. The predicted octanol–water partition coefficient (Wildman–Crippen LogP) is 2.38. The number of nitrogens with one attached hydrogen (secondary N) is 1. The van der Waals surface area contributed by atoms with Gasteiger partial charge in [-0.05, 0) is 37.6 Å². The Morgan fingerprint density at radius 3 is 2.61 bits per heavy atom. The highest BCUT2D eigenvalue weighted by Crippen LogP contribution is 2.37. The molecule has 2 heterocycles. The van der Waals surface area contributed by atoms with Crippen molar-refractivity contribution >= 4 is 34.5 Å². The van der Waals surface area contributed by atoms with Crippen molar-refractivity contribution in [3.05, 3.63) is 69.6 Å². The number of H-pyrrole nitrogens is 1. The van der Waals surface area contributed by atoms with Gasteiger partial charge in [0, 0.05) is 6.42 Å². The van der Waals surface area contributed by atoms with Gasteiger partial charge in [0.1, 0.15) is 11.6 Å². The molecule has 1 N–H and O–H groups in total. The van der Waals surface area contributed by atoms with E-state index >= 15 is 0 Å². The van der Waals surface area contributed by atoms with E-state index in [2.05, 4.69) is 9.97 Å². The van der Waals surface area contributed by atoms with E-state index in [-0.39, 0.29) is 12.1 Å². The molecule has 2 amide bonds. The number of rotatable bonds is 4. The standard InChI is InChI=1S/C23H21N3O5/c1-12-8-9-17(13(2)10-12)26-18(27)11-14(22(26)29)19(23(30)31-3)20-21(28)25-16-7-5-4-6-15(16)24-20/h4-10,14,19H,11H2,1-3H3,(H,25,28). The minimum Gasteiger partial charge on any atom is -0.468 e. The van der Waals surface area contributed by atoms with Crippen LogP contribution in [0.15, 0.2) is 47.3 Å². The number of methoxy groups -OCH3 is 1. The number of carbonyl (C=O) groups is 3. The number of carbonyl (C=O) groups excluding carboxylic acids is 3. The Morgan fingerprint density at radius 1 is 1.16 bits per heavy atom. The van der Waals surface area contributed by atoms with Crippen molar-refractivity contribution in [2.45, 2.75) is 26.2 Å². The number of hydrogen-bond acceptors (Lipinski definition) is 6. The van der Waals surface area contributed by atoms with Crippen LogP contribution in [0, 0.1) is 19.8 Å². The number of benzene rings is 2. The van der Waals surface area contributed by atoms with Crippen LogP contribution in [0.3, 0.4) is 0 Å². The Hall–Kier alpha value is -3.81. The van der Waals surface area contributed by atoms with E-state index in [1.165, 1.54) is 7.11 Å². The van der Waals surface area contributed by atoms with Gasteiger partial charge in [-0.1, -0.05) is 29.8 Å². The molecule has 2 aromatic carbocycles. The zero-order valence-corrected chi connectivity index (χ0v) is 17.3. The number of aryl methyl sites for hydroxylation is 2. The Bertz CT molecular complexity index is 1280. The maximum absolute atomic E-state index is 13.3. The summed E-state index contributed by atoms with van der Waals surface area (Å²) in [5, 5.41) is 0. The Morgan fingerprint density at radius 2 is 1.90 bits per heavy atom. The van der Waals surface area contributed by atoms with Crippen LogP contribution in [-0.4, -0.2) is 34.9 Å². The average Bonchev–Trinajstić information content (AvgIpc) is 3.02. The summed E-state index contributed by atoms with van der Waals surface area (Å²) in [6.45, 7) is 3.72. The first-order valence-electron chi connectivity index (χ1n) is 9.82. The quantitative estimate of drug-likeness (QED) is 0.514. The molecule has 2 unspecified atom stereocenters. The van der Waals surface area contributed by atoms with Gasteiger partial charge in [-0.3, -0.25) is 24.1 Å². The van der Waals surface area contributed by atoms with Crippen LogP contribution in [0.4, 0.5) is 5.69 Å². The number of nitrogens with zero attached hydrogens (tertiary/aromatic N) is 2. The van der Waals surface area contributed by atoms with Crippen molar-refractivity contribution in [1.82, 2.24) is 9.97 Å².